The summed E-state index contributed by atoms with van der Waals surface area (Å²) in [4.78, 5) is 0. The Morgan fingerprint density at radius 2 is 1.90 bits per heavy atom. The summed E-state index contributed by atoms with van der Waals surface area (Å²) in [7, 11) is 3.36. The first-order chi connectivity index (χ1) is 9.63. The molecule has 2 nitrogen and oxygen atoms in total. The van der Waals surface area contributed by atoms with E-state index in [9.17, 15) is 4.39 Å². The van der Waals surface area contributed by atoms with Crippen LogP contribution in [0, 0.1) is 9.39 Å². The van der Waals surface area contributed by atoms with E-state index in [-0.39, 0.29) is 17.6 Å². The Kier molecular flexibility index (Phi) is 5.37. The summed E-state index contributed by atoms with van der Waals surface area (Å²) in [5.41, 5.74) is 2.14. The van der Waals surface area contributed by atoms with Crippen molar-refractivity contribution >= 4 is 22.6 Å². The molecule has 0 spiro atoms. The Bertz CT molecular complexity index is 571. The van der Waals surface area contributed by atoms with Crippen molar-refractivity contribution in [3.8, 4) is 5.75 Å². The largest absolute Gasteiger partial charge is 0.494 e. The maximum atomic E-state index is 13.8. The molecule has 0 radical (unpaired) electrons. The van der Waals surface area contributed by atoms with Crippen LogP contribution in [0.3, 0.4) is 0 Å². The molecule has 0 aliphatic rings. The first kappa shape index (κ1) is 15.3. The molecule has 0 aromatic heterocycles. The first-order valence-electron chi connectivity index (χ1n) is 6.39. The van der Waals surface area contributed by atoms with Crippen molar-refractivity contribution in [2.75, 3.05) is 14.2 Å². The van der Waals surface area contributed by atoms with Gasteiger partial charge in [0.1, 0.15) is 0 Å². The van der Waals surface area contributed by atoms with Crippen molar-refractivity contribution in [1.82, 2.24) is 5.32 Å². The van der Waals surface area contributed by atoms with Crippen LogP contribution in [0.25, 0.3) is 0 Å². The maximum Gasteiger partial charge on any atom is 0.165 e. The van der Waals surface area contributed by atoms with Crippen molar-refractivity contribution in [2.45, 2.75) is 12.5 Å². The molecule has 0 fully saturated rings. The molecule has 0 aliphatic carbocycles. The zero-order valence-electron chi connectivity index (χ0n) is 11.5. The highest BCUT2D eigenvalue weighted by Crippen LogP contribution is 2.24. The number of hydrogen-bond acceptors (Lipinski definition) is 2. The van der Waals surface area contributed by atoms with Crippen molar-refractivity contribution in [2.24, 2.45) is 0 Å². The van der Waals surface area contributed by atoms with Crippen LogP contribution in [0.2, 0.25) is 0 Å². The van der Waals surface area contributed by atoms with Crippen LogP contribution >= 0.6 is 22.6 Å². The molecule has 2 rings (SSSR count). The van der Waals surface area contributed by atoms with E-state index in [0.29, 0.717) is 0 Å². The zero-order valence-corrected chi connectivity index (χ0v) is 13.6. The molecular weight excluding hydrogens is 368 g/mol. The van der Waals surface area contributed by atoms with Gasteiger partial charge < -0.3 is 10.1 Å². The minimum absolute atomic E-state index is 0.0791. The Hall–Kier alpha value is -1.14. The zero-order chi connectivity index (χ0) is 14.5. The summed E-state index contributed by atoms with van der Waals surface area (Å²) < 4.78 is 19.9. The molecule has 2 aromatic carbocycles. The quantitative estimate of drug-likeness (QED) is 0.788. The molecule has 0 saturated heterocycles. The van der Waals surface area contributed by atoms with Gasteiger partial charge in [-0.3, -0.25) is 0 Å². The number of halogens is 2. The van der Waals surface area contributed by atoms with Gasteiger partial charge in [0.2, 0.25) is 0 Å². The predicted octanol–water partition coefficient (Wildman–Crippen LogP) is 3.94. The van der Waals surface area contributed by atoms with Gasteiger partial charge >= 0.3 is 0 Å². The molecule has 1 atom stereocenters. The van der Waals surface area contributed by atoms with Crippen LogP contribution in [-0.2, 0) is 6.42 Å². The second kappa shape index (κ2) is 7.04. The van der Waals surface area contributed by atoms with Gasteiger partial charge in [0.05, 0.1) is 7.11 Å². The summed E-state index contributed by atoms with van der Waals surface area (Å²) in [5, 5.41) is 3.24. The third-order valence-corrected chi connectivity index (χ3v) is 4.00. The average molecular weight is 385 g/mol. The molecule has 1 N–H and O–H groups in total. The molecule has 2 aromatic rings. The van der Waals surface area contributed by atoms with E-state index in [1.165, 1.54) is 22.3 Å². The topological polar surface area (TPSA) is 21.3 Å². The molecule has 4 heteroatoms. The van der Waals surface area contributed by atoms with Gasteiger partial charge in [-0.2, -0.15) is 0 Å². The molecular formula is C16H17FINO. The van der Waals surface area contributed by atoms with E-state index in [1.54, 1.807) is 6.07 Å². The number of rotatable bonds is 5. The Morgan fingerprint density at radius 1 is 1.20 bits per heavy atom. The number of ether oxygens (including phenoxy) is 1. The maximum absolute atomic E-state index is 13.8. The summed E-state index contributed by atoms with van der Waals surface area (Å²) in [6, 6.07) is 13.5. The Morgan fingerprint density at radius 3 is 2.45 bits per heavy atom. The van der Waals surface area contributed by atoms with Gasteiger partial charge in [0.15, 0.2) is 11.6 Å². The van der Waals surface area contributed by atoms with Gasteiger partial charge in [-0.25, -0.2) is 4.39 Å². The third-order valence-electron chi connectivity index (χ3n) is 3.28. The summed E-state index contributed by atoms with van der Waals surface area (Å²) >= 11 is 2.28. The third kappa shape index (κ3) is 3.70. The molecule has 0 aliphatic heterocycles. The number of benzene rings is 2. The number of hydrogen-bond donors (Lipinski definition) is 1. The fourth-order valence-electron chi connectivity index (χ4n) is 2.14. The van der Waals surface area contributed by atoms with Crippen molar-refractivity contribution < 1.29 is 9.13 Å². The molecule has 0 bridgehead atoms. The van der Waals surface area contributed by atoms with E-state index >= 15 is 0 Å². The van der Waals surface area contributed by atoms with Crippen LogP contribution < -0.4 is 10.1 Å². The van der Waals surface area contributed by atoms with E-state index in [0.717, 1.165) is 12.0 Å². The van der Waals surface area contributed by atoms with Crippen LogP contribution in [0.15, 0.2) is 42.5 Å². The SMILES string of the molecule is CNC(Cc1ccc(I)cc1)c1ccc(OC)c(F)c1. The number of methoxy groups -OCH3 is 1. The summed E-state index contributed by atoms with van der Waals surface area (Å²) in [5.74, 6) is -0.0503. The van der Waals surface area contributed by atoms with Crippen LogP contribution in [0.1, 0.15) is 17.2 Å². The van der Waals surface area contributed by atoms with Gasteiger partial charge in [0.25, 0.3) is 0 Å². The molecule has 0 amide bonds. The Labute approximate surface area is 132 Å². The van der Waals surface area contributed by atoms with Gasteiger partial charge in [-0.15, -0.1) is 0 Å². The highest BCUT2D eigenvalue weighted by Gasteiger charge is 2.13. The lowest BCUT2D eigenvalue weighted by atomic mass is 9.99. The Balaban J connectivity index is 2.19. The van der Waals surface area contributed by atoms with E-state index in [4.69, 9.17) is 4.74 Å². The lowest BCUT2D eigenvalue weighted by Gasteiger charge is -2.17. The second-order valence-corrected chi connectivity index (χ2v) is 5.81. The minimum Gasteiger partial charge on any atom is -0.494 e. The van der Waals surface area contributed by atoms with E-state index in [1.807, 2.05) is 13.1 Å². The summed E-state index contributed by atoms with van der Waals surface area (Å²) in [6.07, 6.45) is 0.819. The van der Waals surface area contributed by atoms with E-state index in [2.05, 4.69) is 52.2 Å². The van der Waals surface area contributed by atoms with Crippen molar-refractivity contribution in [3.05, 3.63) is 63.0 Å². The van der Waals surface area contributed by atoms with Crippen molar-refractivity contribution in [3.63, 3.8) is 0 Å². The molecule has 0 saturated carbocycles. The van der Waals surface area contributed by atoms with Gasteiger partial charge in [-0.05, 0) is 71.5 Å². The highest BCUT2D eigenvalue weighted by atomic mass is 127. The van der Waals surface area contributed by atoms with Crippen LogP contribution in [-0.4, -0.2) is 14.2 Å². The first-order valence-corrected chi connectivity index (χ1v) is 7.47. The van der Waals surface area contributed by atoms with Gasteiger partial charge in [0, 0.05) is 9.61 Å². The van der Waals surface area contributed by atoms with E-state index < -0.39 is 0 Å². The predicted molar refractivity (Wildman–Crippen MR) is 87.6 cm³/mol. The number of nitrogens with one attached hydrogen (secondary N) is 1. The smallest absolute Gasteiger partial charge is 0.165 e. The molecule has 0 heterocycles. The fraction of sp³-hybridized carbons (Fsp3) is 0.250. The van der Waals surface area contributed by atoms with Crippen molar-refractivity contribution in [1.29, 1.82) is 0 Å². The second-order valence-electron chi connectivity index (χ2n) is 4.57. The molecule has 20 heavy (non-hydrogen) atoms. The van der Waals surface area contributed by atoms with Crippen LogP contribution in [0.5, 0.6) is 5.75 Å². The minimum atomic E-state index is -0.326. The standard InChI is InChI=1S/C16H17FINO/c1-19-15(9-11-3-6-13(18)7-4-11)12-5-8-16(20-2)14(17)10-12/h3-8,10,15,19H,9H2,1-2H3. The fourth-order valence-corrected chi connectivity index (χ4v) is 2.50. The van der Waals surface area contributed by atoms with Crippen LogP contribution in [0.4, 0.5) is 4.39 Å². The molecule has 106 valence electrons. The summed E-state index contributed by atoms with van der Waals surface area (Å²) in [6.45, 7) is 0. The van der Waals surface area contributed by atoms with Gasteiger partial charge in [-0.1, -0.05) is 18.2 Å². The molecule has 1 unspecified atom stereocenters. The normalized spacial score (nSPS) is 12.2. The average Bonchev–Trinajstić information content (AvgIpc) is 2.46. The lowest BCUT2D eigenvalue weighted by molar-refractivity contribution is 0.385. The monoisotopic (exact) mass is 385 g/mol. The number of likely N-dealkylation sites (N-methyl/N-ethyl adjacent to an activating group) is 1. The lowest BCUT2D eigenvalue weighted by Crippen LogP contribution is -2.19. The highest BCUT2D eigenvalue weighted by molar-refractivity contribution is 14.1.